The summed E-state index contributed by atoms with van der Waals surface area (Å²) in [6.07, 6.45) is -0.355. The summed E-state index contributed by atoms with van der Waals surface area (Å²) in [7, 11) is 1.71. The van der Waals surface area contributed by atoms with E-state index in [1.807, 2.05) is 32.9 Å². The highest BCUT2D eigenvalue weighted by atomic mass is 79.9. The molecule has 0 bridgehead atoms. The fourth-order valence-corrected chi connectivity index (χ4v) is 5.03. The number of thiophene rings is 1. The third-order valence-corrected chi connectivity index (χ3v) is 6.27. The highest BCUT2D eigenvalue weighted by molar-refractivity contribution is 9.10. The normalized spacial score (nSPS) is 11.4. The van der Waals surface area contributed by atoms with E-state index in [9.17, 15) is 9.18 Å². The SMILES string of the molecule is CN(Cc1cc(Br)c(Sc2cccc(F)c2)s1)C(=O)OC(C)(C)C. The second-order valence-corrected chi connectivity index (χ2v) is 9.58. The first-order valence-corrected chi connectivity index (χ1v) is 9.72. The van der Waals surface area contributed by atoms with E-state index in [0.717, 1.165) is 18.5 Å². The van der Waals surface area contributed by atoms with Crippen molar-refractivity contribution in [3.05, 3.63) is 45.5 Å². The molecule has 2 rings (SSSR count). The molecule has 24 heavy (non-hydrogen) atoms. The predicted octanol–water partition coefficient (Wildman–Crippen LogP) is 6.17. The minimum atomic E-state index is -0.514. The number of rotatable bonds is 4. The smallest absolute Gasteiger partial charge is 0.410 e. The molecular formula is C17H19BrFNO2S2. The van der Waals surface area contributed by atoms with Crippen molar-refractivity contribution in [1.82, 2.24) is 4.90 Å². The molecule has 0 radical (unpaired) electrons. The summed E-state index contributed by atoms with van der Waals surface area (Å²) in [4.78, 5) is 15.4. The Hall–Kier alpha value is -1.05. The van der Waals surface area contributed by atoms with E-state index in [1.54, 1.807) is 29.4 Å². The maximum Gasteiger partial charge on any atom is 0.410 e. The summed E-state index contributed by atoms with van der Waals surface area (Å²) in [5, 5.41) is 0. The average Bonchev–Trinajstić information content (AvgIpc) is 2.76. The Morgan fingerprint density at radius 3 is 2.71 bits per heavy atom. The highest BCUT2D eigenvalue weighted by Gasteiger charge is 2.20. The van der Waals surface area contributed by atoms with Gasteiger partial charge >= 0.3 is 6.09 Å². The maximum atomic E-state index is 13.3. The van der Waals surface area contributed by atoms with Crippen molar-refractivity contribution >= 4 is 45.1 Å². The molecule has 1 aromatic heterocycles. The summed E-state index contributed by atoms with van der Waals surface area (Å²) in [6.45, 7) is 5.98. The average molecular weight is 432 g/mol. The monoisotopic (exact) mass is 431 g/mol. The zero-order valence-corrected chi connectivity index (χ0v) is 17.1. The van der Waals surface area contributed by atoms with Crippen LogP contribution in [0.25, 0.3) is 0 Å². The van der Waals surface area contributed by atoms with Gasteiger partial charge in [-0.25, -0.2) is 9.18 Å². The van der Waals surface area contributed by atoms with Gasteiger partial charge in [-0.3, -0.25) is 0 Å². The maximum absolute atomic E-state index is 13.3. The summed E-state index contributed by atoms with van der Waals surface area (Å²) in [5.41, 5.74) is -0.514. The first kappa shape index (κ1) is 19.3. The van der Waals surface area contributed by atoms with E-state index in [2.05, 4.69) is 15.9 Å². The van der Waals surface area contributed by atoms with Crippen molar-refractivity contribution in [2.24, 2.45) is 0 Å². The van der Waals surface area contributed by atoms with Gasteiger partial charge in [0.25, 0.3) is 0 Å². The van der Waals surface area contributed by atoms with Crippen LogP contribution in [-0.2, 0) is 11.3 Å². The molecule has 0 aliphatic heterocycles. The Balaban J connectivity index is 2.04. The van der Waals surface area contributed by atoms with Crippen molar-refractivity contribution in [1.29, 1.82) is 0 Å². The van der Waals surface area contributed by atoms with Crippen LogP contribution in [0.2, 0.25) is 0 Å². The molecule has 130 valence electrons. The lowest BCUT2D eigenvalue weighted by Crippen LogP contribution is -2.33. The molecule has 1 amide bonds. The van der Waals surface area contributed by atoms with Gasteiger partial charge in [-0.15, -0.1) is 11.3 Å². The largest absolute Gasteiger partial charge is 0.444 e. The van der Waals surface area contributed by atoms with Gasteiger partial charge in [-0.05, 0) is 61.0 Å². The number of benzene rings is 1. The van der Waals surface area contributed by atoms with E-state index in [1.165, 1.54) is 23.9 Å². The van der Waals surface area contributed by atoms with Crippen molar-refractivity contribution < 1.29 is 13.9 Å². The zero-order valence-electron chi connectivity index (χ0n) is 13.9. The van der Waals surface area contributed by atoms with E-state index in [0.29, 0.717) is 6.54 Å². The van der Waals surface area contributed by atoms with Gasteiger partial charge in [-0.2, -0.15) is 0 Å². The Labute approximate surface area is 158 Å². The number of amides is 1. The lowest BCUT2D eigenvalue weighted by molar-refractivity contribution is 0.0287. The van der Waals surface area contributed by atoms with Gasteiger partial charge in [0.1, 0.15) is 11.4 Å². The number of carbonyl (C=O) groups excluding carboxylic acids is 1. The summed E-state index contributed by atoms with van der Waals surface area (Å²) < 4.78 is 20.6. The van der Waals surface area contributed by atoms with Crippen molar-refractivity contribution in [3.63, 3.8) is 0 Å². The molecule has 2 aromatic rings. The summed E-state index contributed by atoms with van der Waals surface area (Å²) in [6, 6.07) is 8.47. The first-order chi connectivity index (χ1) is 11.1. The predicted molar refractivity (Wildman–Crippen MR) is 100 cm³/mol. The van der Waals surface area contributed by atoms with E-state index in [-0.39, 0.29) is 11.9 Å². The molecule has 0 spiro atoms. The van der Waals surface area contributed by atoms with Gasteiger partial charge in [0.2, 0.25) is 0 Å². The van der Waals surface area contributed by atoms with Gasteiger partial charge in [-0.1, -0.05) is 17.8 Å². The lowest BCUT2D eigenvalue weighted by atomic mass is 10.2. The molecule has 1 aromatic carbocycles. The number of nitrogens with zero attached hydrogens (tertiary/aromatic N) is 1. The van der Waals surface area contributed by atoms with Crippen LogP contribution in [-0.4, -0.2) is 23.6 Å². The molecule has 1 heterocycles. The van der Waals surface area contributed by atoms with Crippen molar-refractivity contribution in [3.8, 4) is 0 Å². The van der Waals surface area contributed by atoms with E-state index in [4.69, 9.17) is 4.74 Å². The van der Waals surface area contributed by atoms with Gasteiger partial charge in [0, 0.05) is 21.3 Å². The van der Waals surface area contributed by atoms with E-state index < -0.39 is 5.60 Å². The number of hydrogen-bond acceptors (Lipinski definition) is 4. The van der Waals surface area contributed by atoms with Gasteiger partial charge < -0.3 is 9.64 Å². The molecule has 0 aliphatic carbocycles. The van der Waals surface area contributed by atoms with Crippen LogP contribution in [0.15, 0.2) is 43.9 Å². The van der Waals surface area contributed by atoms with Crippen LogP contribution in [0, 0.1) is 5.82 Å². The van der Waals surface area contributed by atoms with Crippen molar-refractivity contribution in [2.45, 2.75) is 42.0 Å². The minimum absolute atomic E-state index is 0.252. The molecule has 3 nitrogen and oxygen atoms in total. The molecule has 0 saturated carbocycles. The van der Waals surface area contributed by atoms with E-state index >= 15 is 0 Å². The molecule has 7 heteroatoms. The Bertz CT molecular complexity index is 728. The van der Waals surface area contributed by atoms with Crippen LogP contribution < -0.4 is 0 Å². The summed E-state index contributed by atoms with van der Waals surface area (Å²) >= 11 is 6.59. The zero-order chi connectivity index (χ0) is 17.9. The van der Waals surface area contributed by atoms with Crippen LogP contribution in [0.3, 0.4) is 0 Å². The van der Waals surface area contributed by atoms with Gasteiger partial charge in [0.05, 0.1) is 10.8 Å². The fourth-order valence-electron chi connectivity index (χ4n) is 1.82. The molecule has 0 atom stereocenters. The summed E-state index contributed by atoms with van der Waals surface area (Å²) in [5.74, 6) is -0.252. The van der Waals surface area contributed by atoms with Crippen LogP contribution in [0.5, 0.6) is 0 Å². The van der Waals surface area contributed by atoms with Crippen LogP contribution in [0.1, 0.15) is 25.6 Å². The van der Waals surface area contributed by atoms with Gasteiger partial charge in [0.15, 0.2) is 0 Å². The number of halogens is 2. The standard InChI is InChI=1S/C17H19BrFNO2S2/c1-17(2,3)22-16(21)20(4)10-13-9-14(18)15(24-13)23-12-7-5-6-11(19)8-12/h5-9H,10H2,1-4H3. The molecular weight excluding hydrogens is 413 g/mol. The second-order valence-electron chi connectivity index (χ2n) is 6.24. The quantitative estimate of drug-likeness (QED) is 0.579. The number of carbonyl (C=O) groups is 1. The Morgan fingerprint density at radius 1 is 1.38 bits per heavy atom. The molecule has 0 aliphatic rings. The number of hydrogen-bond donors (Lipinski definition) is 0. The lowest BCUT2D eigenvalue weighted by Gasteiger charge is -2.24. The molecule has 0 unspecified atom stereocenters. The number of ether oxygens (including phenoxy) is 1. The second kappa shape index (κ2) is 7.89. The Kier molecular flexibility index (Phi) is 6.33. The Morgan fingerprint density at radius 2 is 2.08 bits per heavy atom. The highest BCUT2D eigenvalue weighted by Crippen LogP contribution is 2.40. The third-order valence-electron chi connectivity index (χ3n) is 2.81. The topological polar surface area (TPSA) is 29.5 Å². The van der Waals surface area contributed by atoms with Crippen molar-refractivity contribution in [2.75, 3.05) is 7.05 Å². The minimum Gasteiger partial charge on any atom is -0.444 e. The molecule has 0 saturated heterocycles. The third kappa shape index (κ3) is 5.79. The van der Waals surface area contributed by atoms with Crippen LogP contribution in [0.4, 0.5) is 9.18 Å². The molecule has 0 fully saturated rings. The first-order valence-electron chi connectivity index (χ1n) is 7.30. The molecule has 0 N–H and O–H groups in total. The van der Waals surface area contributed by atoms with Crippen LogP contribution >= 0.6 is 39.0 Å². The fraction of sp³-hybridized carbons (Fsp3) is 0.353.